The zero-order valence-electron chi connectivity index (χ0n) is 15.2. The number of benzene rings is 1. The Kier molecular flexibility index (Phi) is 4.85. The van der Waals surface area contributed by atoms with Crippen LogP contribution in [0, 0.1) is 6.92 Å². The normalized spacial score (nSPS) is 24.9. The molecule has 6 nitrogen and oxygen atoms in total. The van der Waals surface area contributed by atoms with Crippen LogP contribution < -0.4 is 10.6 Å². The highest BCUT2D eigenvalue weighted by Gasteiger charge is 2.39. The van der Waals surface area contributed by atoms with Crippen LogP contribution in [0.5, 0.6) is 0 Å². The molecule has 2 aliphatic rings. The van der Waals surface area contributed by atoms with E-state index in [1.807, 2.05) is 23.7 Å². The molecule has 2 N–H and O–H groups in total. The van der Waals surface area contributed by atoms with Gasteiger partial charge in [0.15, 0.2) is 5.96 Å². The van der Waals surface area contributed by atoms with Crippen molar-refractivity contribution in [3.8, 4) is 0 Å². The van der Waals surface area contributed by atoms with Crippen LogP contribution in [0.2, 0.25) is 5.02 Å². The van der Waals surface area contributed by atoms with Gasteiger partial charge in [-0.15, -0.1) is 0 Å². The monoisotopic (exact) mass is 372 g/mol. The number of aliphatic imine (C=N–C) groups is 1. The molecule has 138 valence electrons. The van der Waals surface area contributed by atoms with Crippen molar-refractivity contribution in [1.82, 2.24) is 25.4 Å². The number of hydrogen-bond acceptors (Lipinski definition) is 3. The van der Waals surface area contributed by atoms with E-state index >= 15 is 0 Å². The molecule has 1 saturated carbocycles. The van der Waals surface area contributed by atoms with Crippen LogP contribution in [0.1, 0.15) is 55.4 Å². The molecule has 1 aromatic carbocycles. The molecule has 0 spiro atoms. The first kappa shape index (κ1) is 17.3. The van der Waals surface area contributed by atoms with Crippen LogP contribution in [-0.2, 0) is 6.54 Å². The SMILES string of the molecule is CCN=C(NC1CCCn2nc(C)nc21)NC1CC1c1cccc(Cl)c1. The van der Waals surface area contributed by atoms with Gasteiger partial charge in [0.25, 0.3) is 0 Å². The van der Waals surface area contributed by atoms with E-state index in [4.69, 9.17) is 11.6 Å². The minimum Gasteiger partial charge on any atom is -0.353 e. The number of guanidine groups is 1. The number of fused-ring (bicyclic) bond motifs is 1. The summed E-state index contributed by atoms with van der Waals surface area (Å²) in [4.78, 5) is 9.24. The number of nitrogens with zero attached hydrogens (tertiary/aromatic N) is 4. The van der Waals surface area contributed by atoms with Crippen molar-refractivity contribution in [3.05, 3.63) is 46.5 Å². The Morgan fingerprint density at radius 1 is 1.38 bits per heavy atom. The highest BCUT2D eigenvalue weighted by atomic mass is 35.5. The molecular weight excluding hydrogens is 348 g/mol. The fourth-order valence-corrected chi connectivity index (χ4v) is 3.90. The van der Waals surface area contributed by atoms with Gasteiger partial charge in [0, 0.05) is 30.1 Å². The Hall–Kier alpha value is -2.08. The number of aromatic nitrogens is 3. The zero-order chi connectivity index (χ0) is 18.1. The van der Waals surface area contributed by atoms with Crippen LogP contribution in [0.25, 0.3) is 0 Å². The van der Waals surface area contributed by atoms with Gasteiger partial charge in [0.05, 0.1) is 6.04 Å². The van der Waals surface area contributed by atoms with Crippen LogP contribution in [0.4, 0.5) is 0 Å². The predicted molar refractivity (Wildman–Crippen MR) is 104 cm³/mol. The van der Waals surface area contributed by atoms with E-state index in [-0.39, 0.29) is 6.04 Å². The lowest BCUT2D eigenvalue weighted by Crippen LogP contribution is -2.43. The lowest BCUT2D eigenvalue weighted by Gasteiger charge is -2.25. The fraction of sp³-hybridized carbons (Fsp3) is 0.526. The molecule has 0 bridgehead atoms. The summed E-state index contributed by atoms with van der Waals surface area (Å²) in [6.07, 6.45) is 3.25. The molecule has 26 heavy (non-hydrogen) atoms. The van der Waals surface area contributed by atoms with Crippen LogP contribution in [0.15, 0.2) is 29.3 Å². The summed E-state index contributed by atoms with van der Waals surface area (Å²) in [7, 11) is 0. The lowest BCUT2D eigenvalue weighted by atomic mass is 10.1. The van der Waals surface area contributed by atoms with Gasteiger partial charge in [-0.2, -0.15) is 5.10 Å². The Morgan fingerprint density at radius 3 is 3.08 bits per heavy atom. The number of aryl methyl sites for hydroxylation is 2. The number of nitrogens with one attached hydrogen (secondary N) is 2. The fourth-order valence-electron chi connectivity index (χ4n) is 3.70. The third-order valence-electron chi connectivity index (χ3n) is 5.00. The molecule has 4 rings (SSSR count). The molecule has 3 unspecified atom stereocenters. The zero-order valence-corrected chi connectivity index (χ0v) is 16.0. The average molecular weight is 373 g/mol. The summed E-state index contributed by atoms with van der Waals surface area (Å²) in [5.74, 6) is 3.20. The van der Waals surface area contributed by atoms with Gasteiger partial charge in [0.2, 0.25) is 0 Å². The highest BCUT2D eigenvalue weighted by molar-refractivity contribution is 6.30. The third-order valence-corrected chi connectivity index (χ3v) is 5.23. The Bertz CT molecular complexity index is 814. The molecule has 0 amide bonds. The molecule has 1 aromatic heterocycles. The van der Waals surface area contributed by atoms with Gasteiger partial charge >= 0.3 is 0 Å². The van der Waals surface area contributed by atoms with E-state index < -0.39 is 0 Å². The van der Waals surface area contributed by atoms with Crippen molar-refractivity contribution in [1.29, 1.82) is 0 Å². The van der Waals surface area contributed by atoms with Gasteiger partial charge in [-0.1, -0.05) is 23.7 Å². The summed E-state index contributed by atoms with van der Waals surface area (Å²) in [6, 6.07) is 8.70. The predicted octanol–water partition coefficient (Wildman–Crippen LogP) is 3.19. The van der Waals surface area contributed by atoms with Crippen LogP contribution in [-0.4, -0.2) is 33.3 Å². The molecule has 0 saturated heterocycles. The Labute approximate surface area is 159 Å². The first-order chi connectivity index (χ1) is 12.6. The topological polar surface area (TPSA) is 67.1 Å². The molecule has 1 fully saturated rings. The molecule has 1 aliphatic heterocycles. The van der Waals surface area contributed by atoms with Gasteiger partial charge in [-0.05, 0) is 50.8 Å². The van der Waals surface area contributed by atoms with Gasteiger partial charge < -0.3 is 10.6 Å². The highest BCUT2D eigenvalue weighted by Crippen LogP contribution is 2.41. The smallest absolute Gasteiger partial charge is 0.192 e. The van der Waals surface area contributed by atoms with E-state index in [1.165, 1.54) is 5.56 Å². The van der Waals surface area contributed by atoms with E-state index in [0.29, 0.717) is 12.0 Å². The van der Waals surface area contributed by atoms with E-state index in [1.54, 1.807) is 0 Å². The number of halogens is 1. The molecule has 7 heteroatoms. The Balaban J connectivity index is 1.43. The van der Waals surface area contributed by atoms with E-state index in [9.17, 15) is 0 Å². The van der Waals surface area contributed by atoms with E-state index in [2.05, 4.69) is 44.8 Å². The second kappa shape index (κ2) is 7.27. The largest absolute Gasteiger partial charge is 0.353 e. The summed E-state index contributed by atoms with van der Waals surface area (Å²) >= 11 is 6.13. The summed E-state index contributed by atoms with van der Waals surface area (Å²) in [6.45, 7) is 5.68. The maximum absolute atomic E-state index is 6.13. The molecule has 3 atom stereocenters. The summed E-state index contributed by atoms with van der Waals surface area (Å²) in [5.41, 5.74) is 1.29. The summed E-state index contributed by atoms with van der Waals surface area (Å²) < 4.78 is 2.02. The average Bonchev–Trinajstić information content (AvgIpc) is 3.26. The Morgan fingerprint density at radius 2 is 2.27 bits per heavy atom. The van der Waals surface area contributed by atoms with Crippen molar-refractivity contribution < 1.29 is 0 Å². The molecule has 0 radical (unpaired) electrons. The standard InChI is InChI=1S/C19H25ClN6/c1-3-21-19(23-16-8-5-9-26-18(16)22-12(2)25-26)24-17-11-15(17)13-6-4-7-14(20)10-13/h4,6-7,10,15-17H,3,5,8-9,11H2,1-2H3,(H2,21,23,24). The minimum absolute atomic E-state index is 0.158. The molecule has 1 aliphatic carbocycles. The molecule has 2 aromatic rings. The first-order valence-electron chi connectivity index (χ1n) is 9.38. The lowest BCUT2D eigenvalue weighted by molar-refractivity contribution is 0.397. The van der Waals surface area contributed by atoms with Crippen LogP contribution in [0.3, 0.4) is 0 Å². The molecule has 2 heterocycles. The second-order valence-electron chi connectivity index (χ2n) is 7.05. The van der Waals surface area contributed by atoms with Gasteiger partial charge in [-0.25, -0.2) is 9.67 Å². The van der Waals surface area contributed by atoms with Crippen LogP contribution >= 0.6 is 11.6 Å². The summed E-state index contributed by atoms with van der Waals surface area (Å²) in [5, 5.41) is 12.4. The van der Waals surface area contributed by atoms with Gasteiger partial charge in [0.1, 0.15) is 11.6 Å². The van der Waals surface area contributed by atoms with Crippen molar-refractivity contribution in [2.24, 2.45) is 4.99 Å². The quantitative estimate of drug-likeness (QED) is 0.639. The first-order valence-corrected chi connectivity index (χ1v) is 9.76. The molecular formula is C19H25ClN6. The van der Waals surface area contributed by atoms with Crippen molar-refractivity contribution in [2.45, 2.75) is 57.7 Å². The van der Waals surface area contributed by atoms with Crippen molar-refractivity contribution in [2.75, 3.05) is 6.54 Å². The number of hydrogen-bond donors (Lipinski definition) is 2. The number of rotatable bonds is 4. The minimum atomic E-state index is 0.158. The van der Waals surface area contributed by atoms with Crippen molar-refractivity contribution >= 4 is 17.6 Å². The maximum Gasteiger partial charge on any atom is 0.192 e. The third kappa shape index (κ3) is 3.70. The van der Waals surface area contributed by atoms with Crippen molar-refractivity contribution in [3.63, 3.8) is 0 Å². The maximum atomic E-state index is 6.13. The van der Waals surface area contributed by atoms with Gasteiger partial charge in [-0.3, -0.25) is 4.99 Å². The second-order valence-corrected chi connectivity index (χ2v) is 7.49. The van der Waals surface area contributed by atoms with E-state index in [0.717, 1.165) is 55.0 Å².